The van der Waals surface area contributed by atoms with E-state index in [0.717, 1.165) is 17.6 Å². The highest BCUT2D eigenvalue weighted by Gasteiger charge is 2.34. The lowest BCUT2D eigenvalue weighted by Gasteiger charge is -2.09. The molecule has 0 spiro atoms. The summed E-state index contributed by atoms with van der Waals surface area (Å²) in [5.74, 6) is -2.22. The molecule has 0 unspecified atom stereocenters. The van der Waals surface area contributed by atoms with Gasteiger partial charge in [-0.15, -0.1) is 5.10 Å². The second kappa shape index (κ2) is 4.92. The summed E-state index contributed by atoms with van der Waals surface area (Å²) in [5.41, 5.74) is -1.79. The van der Waals surface area contributed by atoms with Crippen molar-refractivity contribution < 1.29 is 22.4 Å². The number of rotatable bonds is 2. The maximum Gasteiger partial charge on any atom is 0.419 e. The van der Waals surface area contributed by atoms with Crippen LogP contribution in [0.3, 0.4) is 0 Å². The Morgan fingerprint density at radius 3 is 2.63 bits per heavy atom. The van der Waals surface area contributed by atoms with E-state index in [-0.39, 0.29) is 10.6 Å². The molecule has 0 atom stereocenters. The van der Waals surface area contributed by atoms with Crippen LogP contribution in [-0.2, 0) is 6.18 Å². The van der Waals surface area contributed by atoms with Gasteiger partial charge in [-0.25, -0.2) is 4.39 Å². The molecule has 0 fully saturated rings. The molecule has 0 aliphatic carbocycles. The van der Waals surface area contributed by atoms with Gasteiger partial charge in [0.2, 0.25) is 0 Å². The number of anilines is 1. The fourth-order valence-corrected chi connectivity index (χ4v) is 1.70. The second-order valence-electron chi connectivity index (χ2n) is 3.43. The zero-order valence-electron chi connectivity index (χ0n) is 9.03. The standard InChI is InChI=1S/C10H5F4N3OS/c11-7-2-1-5(3-6(7)10(12,13)14)9(18)16-8-4-15-17-19-8/h1-4H,(H,16,18). The van der Waals surface area contributed by atoms with Crippen LogP contribution in [0.2, 0.25) is 0 Å². The van der Waals surface area contributed by atoms with Crippen molar-refractivity contribution in [3.8, 4) is 0 Å². The fourth-order valence-electron chi connectivity index (χ4n) is 1.29. The summed E-state index contributed by atoms with van der Waals surface area (Å²) >= 11 is 0.869. The predicted octanol–water partition coefficient (Wildman–Crippen LogP) is 2.95. The summed E-state index contributed by atoms with van der Waals surface area (Å²) in [4.78, 5) is 11.7. The van der Waals surface area contributed by atoms with Gasteiger partial charge >= 0.3 is 6.18 Å². The first-order valence-electron chi connectivity index (χ1n) is 4.83. The Morgan fingerprint density at radius 2 is 2.05 bits per heavy atom. The molecule has 19 heavy (non-hydrogen) atoms. The Morgan fingerprint density at radius 1 is 1.32 bits per heavy atom. The summed E-state index contributed by atoms with van der Waals surface area (Å²) < 4.78 is 54.0. The highest BCUT2D eigenvalue weighted by atomic mass is 32.1. The molecule has 1 aromatic carbocycles. The lowest BCUT2D eigenvalue weighted by molar-refractivity contribution is -0.140. The molecule has 100 valence electrons. The number of alkyl halides is 3. The number of amides is 1. The van der Waals surface area contributed by atoms with Crippen molar-refractivity contribution in [1.82, 2.24) is 9.59 Å². The van der Waals surface area contributed by atoms with Crippen LogP contribution in [-0.4, -0.2) is 15.5 Å². The van der Waals surface area contributed by atoms with Gasteiger partial charge in [0.1, 0.15) is 10.8 Å². The quantitative estimate of drug-likeness (QED) is 0.865. The third kappa shape index (κ3) is 3.05. The molecule has 2 aromatic rings. The van der Waals surface area contributed by atoms with E-state index < -0.39 is 23.5 Å². The highest BCUT2D eigenvalue weighted by molar-refractivity contribution is 7.10. The van der Waals surface area contributed by atoms with Crippen LogP contribution in [0, 0.1) is 5.82 Å². The van der Waals surface area contributed by atoms with E-state index in [1.807, 2.05) is 0 Å². The average molecular weight is 291 g/mol. The van der Waals surface area contributed by atoms with Crippen molar-refractivity contribution in [3.05, 3.63) is 41.3 Å². The van der Waals surface area contributed by atoms with E-state index in [4.69, 9.17) is 0 Å². The normalized spacial score (nSPS) is 11.4. The Balaban J connectivity index is 2.28. The van der Waals surface area contributed by atoms with E-state index in [1.54, 1.807) is 0 Å². The molecule has 0 saturated carbocycles. The molecule has 0 aliphatic heterocycles. The van der Waals surface area contributed by atoms with E-state index in [2.05, 4.69) is 14.9 Å². The molecule has 1 N–H and O–H groups in total. The molecule has 9 heteroatoms. The topological polar surface area (TPSA) is 54.9 Å². The van der Waals surface area contributed by atoms with E-state index in [9.17, 15) is 22.4 Å². The molecule has 1 aromatic heterocycles. The largest absolute Gasteiger partial charge is 0.419 e. The smallest absolute Gasteiger partial charge is 0.311 e. The number of hydrogen-bond acceptors (Lipinski definition) is 4. The Labute approximate surface area is 108 Å². The third-order valence-corrected chi connectivity index (χ3v) is 2.71. The minimum Gasteiger partial charge on any atom is -0.311 e. The van der Waals surface area contributed by atoms with Crippen LogP contribution in [0.1, 0.15) is 15.9 Å². The van der Waals surface area contributed by atoms with Crippen molar-refractivity contribution >= 4 is 22.4 Å². The average Bonchev–Trinajstić information content (AvgIpc) is 2.80. The highest BCUT2D eigenvalue weighted by Crippen LogP contribution is 2.32. The van der Waals surface area contributed by atoms with Crippen LogP contribution >= 0.6 is 11.5 Å². The number of carbonyl (C=O) groups excluding carboxylic acids is 1. The van der Waals surface area contributed by atoms with Gasteiger partial charge in [-0.3, -0.25) is 4.79 Å². The van der Waals surface area contributed by atoms with Crippen molar-refractivity contribution in [3.63, 3.8) is 0 Å². The van der Waals surface area contributed by atoms with E-state index in [0.29, 0.717) is 12.1 Å². The Kier molecular flexibility index (Phi) is 3.47. The molecule has 0 radical (unpaired) electrons. The Hall–Kier alpha value is -2.03. The number of carbonyl (C=O) groups is 1. The first-order chi connectivity index (χ1) is 8.88. The third-order valence-electron chi connectivity index (χ3n) is 2.13. The van der Waals surface area contributed by atoms with Crippen molar-refractivity contribution in [2.24, 2.45) is 0 Å². The van der Waals surface area contributed by atoms with Gasteiger partial charge in [-0.2, -0.15) is 13.2 Å². The molecular weight excluding hydrogens is 286 g/mol. The van der Waals surface area contributed by atoms with Gasteiger partial charge in [-0.05, 0) is 18.2 Å². The van der Waals surface area contributed by atoms with Gasteiger partial charge in [0, 0.05) is 17.1 Å². The Bertz CT molecular complexity index is 597. The maximum absolute atomic E-state index is 13.0. The predicted molar refractivity (Wildman–Crippen MR) is 59.3 cm³/mol. The monoisotopic (exact) mass is 291 g/mol. The minimum absolute atomic E-state index is 0.280. The minimum atomic E-state index is -4.85. The molecular formula is C10H5F4N3OS. The number of halogens is 4. The first kappa shape index (κ1) is 13.4. The molecule has 4 nitrogen and oxygen atoms in total. The van der Waals surface area contributed by atoms with Gasteiger partial charge in [0.15, 0.2) is 0 Å². The van der Waals surface area contributed by atoms with Crippen molar-refractivity contribution in [1.29, 1.82) is 0 Å². The van der Waals surface area contributed by atoms with Crippen LogP contribution in [0.5, 0.6) is 0 Å². The van der Waals surface area contributed by atoms with Gasteiger partial charge in [-0.1, -0.05) is 4.49 Å². The summed E-state index contributed by atoms with van der Waals surface area (Å²) in [6.45, 7) is 0. The zero-order valence-corrected chi connectivity index (χ0v) is 9.85. The lowest BCUT2D eigenvalue weighted by Crippen LogP contribution is -2.14. The summed E-state index contributed by atoms with van der Waals surface area (Å²) in [6, 6.07) is 2.02. The molecule has 0 aliphatic rings. The van der Waals surface area contributed by atoms with Crippen LogP contribution < -0.4 is 5.32 Å². The summed E-state index contributed by atoms with van der Waals surface area (Å²) in [5, 5.41) is 6.04. The molecule has 1 amide bonds. The van der Waals surface area contributed by atoms with Gasteiger partial charge < -0.3 is 5.32 Å². The van der Waals surface area contributed by atoms with Crippen LogP contribution in [0.4, 0.5) is 22.6 Å². The first-order valence-corrected chi connectivity index (χ1v) is 5.61. The second-order valence-corrected chi connectivity index (χ2v) is 4.21. The number of nitrogens with one attached hydrogen (secondary N) is 1. The van der Waals surface area contributed by atoms with E-state index >= 15 is 0 Å². The van der Waals surface area contributed by atoms with Crippen LogP contribution in [0.15, 0.2) is 24.4 Å². The molecule has 1 heterocycles. The maximum atomic E-state index is 13.0. The number of benzene rings is 1. The fraction of sp³-hybridized carbons (Fsp3) is 0.100. The van der Waals surface area contributed by atoms with E-state index in [1.165, 1.54) is 6.20 Å². The summed E-state index contributed by atoms with van der Waals surface area (Å²) in [6.07, 6.45) is -3.61. The van der Waals surface area contributed by atoms with Crippen molar-refractivity contribution in [2.75, 3.05) is 5.32 Å². The summed E-state index contributed by atoms with van der Waals surface area (Å²) in [7, 11) is 0. The lowest BCUT2D eigenvalue weighted by atomic mass is 10.1. The van der Waals surface area contributed by atoms with Gasteiger partial charge in [0.25, 0.3) is 5.91 Å². The van der Waals surface area contributed by atoms with Crippen molar-refractivity contribution in [2.45, 2.75) is 6.18 Å². The molecule has 0 bridgehead atoms. The number of aromatic nitrogens is 2. The molecule has 0 saturated heterocycles. The molecule has 2 rings (SSSR count). The zero-order chi connectivity index (χ0) is 14.0. The SMILES string of the molecule is O=C(Nc1cnns1)c1ccc(F)c(C(F)(F)F)c1. The number of nitrogens with zero attached hydrogens (tertiary/aromatic N) is 2. The van der Waals surface area contributed by atoms with Gasteiger partial charge in [0.05, 0.1) is 11.8 Å². The number of hydrogen-bond donors (Lipinski definition) is 1. The van der Waals surface area contributed by atoms with Crippen LogP contribution in [0.25, 0.3) is 0 Å².